The van der Waals surface area contributed by atoms with Crippen molar-refractivity contribution in [1.82, 2.24) is 14.6 Å². The summed E-state index contributed by atoms with van der Waals surface area (Å²) in [6.45, 7) is 2.67. The number of carbonyl (C=O) groups excluding carboxylic acids is 1. The molecule has 1 amide bonds. The van der Waals surface area contributed by atoms with E-state index in [0.29, 0.717) is 59.8 Å². The van der Waals surface area contributed by atoms with E-state index in [1.54, 1.807) is 23.8 Å². The average molecular weight is 400 g/mol. The second-order valence-electron chi connectivity index (χ2n) is 6.47. The number of nitrogens with one attached hydrogen (secondary N) is 3. The molecule has 3 aromatic rings. The van der Waals surface area contributed by atoms with E-state index in [0.717, 1.165) is 6.42 Å². The molecule has 3 heterocycles. The van der Waals surface area contributed by atoms with E-state index in [2.05, 4.69) is 26.0 Å². The highest BCUT2D eigenvalue weighted by molar-refractivity contribution is 5.94. The van der Waals surface area contributed by atoms with E-state index < -0.39 is 5.82 Å². The van der Waals surface area contributed by atoms with Gasteiger partial charge in [-0.15, -0.1) is 0 Å². The Morgan fingerprint density at radius 3 is 2.86 bits per heavy atom. The zero-order valence-corrected chi connectivity index (χ0v) is 16.1. The number of benzene rings is 1. The van der Waals surface area contributed by atoms with Crippen LogP contribution < -0.4 is 25.4 Å². The van der Waals surface area contributed by atoms with Crippen LogP contribution in [0.1, 0.15) is 19.8 Å². The fraction of sp³-hybridized carbons (Fsp3) is 0.316. The van der Waals surface area contributed by atoms with Crippen molar-refractivity contribution in [2.24, 2.45) is 0 Å². The number of nitrogens with zero attached hydrogens (tertiary/aromatic N) is 3. The minimum absolute atomic E-state index is 0.113. The van der Waals surface area contributed by atoms with Gasteiger partial charge in [0.2, 0.25) is 5.91 Å². The first kappa shape index (κ1) is 18.8. The van der Waals surface area contributed by atoms with Gasteiger partial charge >= 0.3 is 0 Å². The van der Waals surface area contributed by atoms with Gasteiger partial charge < -0.3 is 25.4 Å². The van der Waals surface area contributed by atoms with Crippen LogP contribution in [0, 0.1) is 5.82 Å². The van der Waals surface area contributed by atoms with Gasteiger partial charge in [0, 0.05) is 31.7 Å². The lowest BCUT2D eigenvalue weighted by Gasteiger charge is -2.21. The fourth-order valence-corrected chi connectivity index (χ4v) is 3.08. The van der Waals surface area contributed by atoms with Crippen LogP contribution in [0.3, 0.4) is 0 Å². The van der Waals surface area contributed by atoms with Gasteiger partial charge in [-0.3, -0.25) is 4.79 Å². The van der Waals surface area contributed by atoms with Crippen LogP contribution in [-0.4, -0.2) is 40.8 Å². The van der Waals surface area contributed by atoms with E-state index in [9.17, 15) is 9.18 Å². The largest absolute Gasteiger partial charge is 0.486 e. The molecule has 10 heteroatoms. The maximum Gasteiger partial charge on any atom is 0.224 e. The molecule has 0 radical (unpaired) electrons. The minimum atomic E-state index is -0.455. The van der Waals surface area contributed by atoms with Gasteiger partial charge in [-0.25, -0.2) is 9.37 Å². The zero-order valence-electron chi connectivity index (χ0n) is 16.1. The van der Waals surface area contributed by atoms with Crippen molar-refractivity contribution in [2.75, 3.05) is 36.2 Å². The summed E-state index contributed by atoms with van der Waals surface area (Å²) in [6, 6.07) is 4.32. The van der Waals surface area contributed by atoms with E-state index in [1.165, 1.54) is 12.1 Å². The molecule has 0 aliphatic carbocycles. The third kappa shape index (κ3) is 3.73. The fourth-order valence-electron chi connectivity index (χ4n) is 3.08. The molecule has 0 saturated carbocycles. The summed E-state index contributed by atoms with van der Waals surface area (Å²) in [5.41, 5.74) is 1.34. The monoisotopic (exact) mass is 400 g/mol. The maximum atomic E-state index is 14.0. The number of carbonyl (C=O) groups is 1. The molecule has 4 rings (SSSR count). The van der Waals surface area contributed by atoms with Crippen LogP contribution in [-0.2, 0) is 4.79 Å². The molecular weight excluding hydrogens is 379 g/mol. The smallest absolute Gasteiger partial charge is 0.224 e. The Labute approximate surface area is 166 Å². The summed E-state index contributed by atoms with van der Waals surface area (Å²) < 4.78 is 26.7. The van der Waals surface area contributed by atoms with Gasteiger partial charge in [0.05, 0.1) is 11.9 Å². The Balaban J connectivity index is 1.73. The van der Waals surface area contributed by atoms with Crippen LogP contribution in [0.2, 0.25) is 0 Å². The highest BCUT2D eigenvalue weighted by Gasteiger charge is 2.20. The number of halogens is 1. The van der Waals surface area contributed by atoms with E-state index in [4.69, 9.17) is 9.47 Å². The van der Waals surface area contributed by atoms with Gasteiger partial charge in [0.25, 0.3) is 0 Å². The lowest BCUT2D eigenvalue weighted by Crippen LogP contribution is -2.16. The summed E-state index contributed by atoms with van der Waals surface area (Å²) in [7, 11) is 1.75. The van der Waals surface area contributed by atoms with Gasteiger partial charge in [0.15, 0.2) is 17.1 Å². The lowest BCUT2D eigenvalue weighted by atomic mass is 10.2. The van der Waals surface area contributed by atoms with Gasteiger partial charge in [-0.1, -0.05) is 6.92 Å². The second-order valence-corrected chi connectivity index (χ2v) is 6.47. The highest BCUT2D eigenvalue weighted by atomic mass is 19.1. The van der Waals surface area contributed by atoms with Crippen molar-refractivity contribution < 1.29 is 18.7 Å². The van der Waals surface area contributed by atoms with Gasteiger partial charge in [-0.05, 0) is 6.42 Å². The number of hydrogen-bond acceptors (Lipinski definition) is 7. The Morgan fingerprint density at radius 2 is 2.07 bits per heavy atom. The molecule has 0 unspecified atom stereocenters. The lowest BCUT2D eigenvalue weighted by molar-refractivity contribution is -0.116. The number of amides is 1. The molecule has 1 aromatic carbocycles. The topological polar surface area (TPSA) is 102 Å². The molecule has 152 valence electrons. The van der Waals surface area contributed by atoms with Crippen molar-refractivity contribution in [3.05, 3.63) is 30.2 Å². The summed E-state index contributed by atoms with van der Waals surface area (Å²) in [5, 5.41) is 13.2. The second kappa shape index (κ2) is 7.82. The van der Waals surface area contributed by atoms with Crippen molar-refractivity contribution in [3.63, 3.8) is 0 Å². The molecule has 0 atom stereocenters. The van der Waals surface area contributed by atoms with Crippen molar-refractivity contribution >= 4 is 34.6 Å². The molecule has 0 saturated heterocycles. The molecule has 0 spiro atoms. The summed E-state index contributed by atoms with van der Waals surface area (Å²) in [5.74, 6) is 1.26. The molecule has 9 nitrogen and oxygen atoms in total. The predicted octanol–water partition coefficient (Wildman–Crippen LogP) is 3.16. The number of anilines is 4. The standard InChI is InChI=1S/C19H21FN6O3/c1-3-4-17(27)24-13-10-22-26-16(21-2)9-15(25-19(13)26)23-12-7-11(20)8-14-18(12)29-6-5-28-14/h7-10,21H,3-6H2,1-2H3,(H,23,25)(H,24,27). The molecule has 2 aromatic heterocycles. The number of fused-ring (bicyclic) bond motifs is 2. The van der Waals surface area contributed by atoms with Gasteiger partial charge in [-0.2, -0.15) is 9.61 Å². The van der Waals surface area contributed by atoms with E-state index >= 15 is 0 Å². The highest BCUT2D eigenvalue weighted by Crippen LogP contribution is 2.40. The third-order valence-electron chi connectivity index (χ3n) is 4.35. The molecule has 3 N–H and O–H groups in total. The first-order valence-corrected chi connectivity index (χ1v) is 9.31. The molecular formula is C19H21FN6O3. The quantitative estimate of drug-likeness (QED) is 0.584. The van der Waals surface area contributed by atoms with E-state index in [-0.39, 0.29) is 5.91 Å². The molecule has 0 bridgehead atoms. The summed E-state index contributed by atoms with van der Waals surface area (Å²) in [4.78, 5) is 16.5. The summed E-state index contributed by atoms with van der Waals surface area (Å²) in [6.07, 6.45) is 2.68. The number of rotatable bonds is 6. The average Bonchev–Trinajstić information content (AvgIpc) is 3.10. The SMILES string of the molecule is CCCC(=O)Nc1cnn2c(NC)cc(Nc3cc(F)cc4c3OCCO4)nc12. The normalized spacial score (nSPS) is 12.7. The predicted molar refractivity (Wildman–Crippen MR) is 107 cm³/mol. The van der Waals surface area contributed by atoms with E-state index in [1.807, 2.05) is 6.92 Å². The van der Waals surface area contributed by atoms with Crippen LogP contribution in [0.25, 0.3) is 5.65 Å². The first-order valence-electron chi connectivity index (χ1n) is 9.31. The number of hydrogen-bond donors (Lipinski definition) is 3. The van der Waals surface area contributed by atoms with Crippen LogP contribution in [0.5, 0.6) is 11.5 Å². The Morgan fingerprint density at radius 1 is 1.24 bits per heavy atom. The van der Waals surface area contributed by atoms with Crippen molar-refractivity contribution in [3.8, 4) is 11.5 Å². The van der Waals surface area contributed by atoms with Crippen molar-refractivity contribution in [2.45, 2.75) is 19.8 Å². The Bertz CT molecular complexity index is 1070. The zero-order chi connectivity index (χ0) is 20.4. The Kier molecular flexibility index (Phi) is 5.07. The Hall–Kier alpha value is -3.56. The maximum absolute atomic E-state index is 14.0. The molecule has 1 aliphatic heterocycles. The molecule has 1 aliphatic rings. The number of ether oxygens (including phenoxy) is 2. The molecule has 0 fully saturated rings. The van der Waals surface area contributed by atoms with Crippen molar-refractivity contribution in [1.29, 1.82) is 0 Å². The number of aromatic nitrogens is 3. The van der Waals surface area contributed by atoms with Crippen LogP contribution in [0.4, 0.5) is 27.4 Å². The van der Waals surface area contributed by atoms with Crippen LogP contribution >= 0.6 is 0 Å². The van der Waals surface area contributed by atoms with Crippen LogP contribution in [0.15, 0.2) is 24.4 Å². The minimum Gasteiger partial charge on any atom is -0.486 e. The summed E-state index contributed by atoms with van der Waals surface area (Å²) >= 11 is 0. The van der Waals surface area contributed by atoms with Gasteiger partial charge in [0.1, 0.15) is 36.4 Å². The first-order chi connectivity index (χ1) is 14.1. The third-order valence-corrected chi connectivity index (χ3v) is 4.35. The molecule has 29 heavy (non-hydrogen) atoms.